The maximum Gasteiger partial charge on any atom is 0.268 e. The van der Waals surface area contributed by atoms with Gasteiger partial charge in [-0.1, -0.05) is 46.9 Å². The van der Waals surface area contributed by atoms with Crippen LogP contribution in [0.4, 0.5) is 0 Å². The Bertz CT molecular complexity index is 796. The van der Waals surface area contributed by atoms with Crippen LogP contribution >= 0.6 is 34.8 Å². The number of hydrogen-bond donors (Lipinski definition) is 0. The highest BCUT2D eigenvalue weighted by Crippen LogP contribution is 2.37. The Morgan fingerprint density at radius 2 is 1.76 bits per heavy atom. The van der Waals surface area contributed by atoms with Gasteiger partial charge in [0.15, 0.2) is 0 Å². The van der Waals surface area contributed by atoms with Crippen LogP contribution in [-0.4, -0.2) is 27.7 Å². The highest BCUT2D eigenvalue weighted by Gasteiger charge is 2.29. The third-order valence-corrected chi connectivity index (χ3v) is 3.17. The molecule has 0 unspecified atom stereocenters. The van der Waals surface area contributed by atoms with Crippen LogP contribution in [0.15, 0.2) is 39.5 Å². The molecule has 0 N–H and O–H groups in total. The van der Waals surface area contributed by atoms with E-state index in [1.165, 1.54) is 6.26 Å². The second-order valence-electron chi connectivity index (χ2n) is 4.60. The van der Waals surface area contributed by atoms with Crippen molar-refractivity contribution < 1.29 is 13.7 Å². The van der Waals surface area contributed by atoms with Gasteiger partial charge in [0, 0.05) is 11.3 Å². The maximum atomic E-state index is 5.62. The third kappa shape index (κ3) is 6.38. The predicted molar refractivity (Wildman–Crippen MR) is 94.5 cm³/mol. The molecular formula is C15H13Cl3N4O3. The van der Waals surface area contributed by atoms with E-state index in [2.05, 4.69) is 25.1 Å². The second-order valence-corrected chi connectivity index (χ2v) is 6.88. The van der Waals surface area contributed by atoms with Crippen LogP contribution in [0.3, 0.4) is 0 Å². The van der Waals surface area contributed by atoms with Gasteiger partial charge < -0.3 is 13.7 Å². The summed E-state index contributed by atoms with van der Waals surface area (Å²) in [6.45, 7) is 1.82. The topological polar surface area (TPSA) is 87.1 Å². The Morgan fingerprint density at radius 1 is 1.04 bits per heavy atom. The van der Waals surface area contributed by atoms with Crippen molar-refractivity contribution in [2.24, 2.45) is 0 Å². The predicted octanol–water partition coefficient (Wildman–Crippen LogP) is 4.45. The van der Waals surface area contributed by atoms with Crippen molar-refractivity contribution in [2.45, 2.75) is 10.7 Å². The quantitative estimate of drug-likeness (QED) is 0.597. The highest BCUT2D eigenvalue weighted by atomic mass is 35.6. The van der Waals surface area contributed by atoms with Gasteiger partial charge in [-0.25, -0.2) is 0 Å². The van der Waals surface area contributed by atoms with Crippen molar-refractivity contribution in [3.8, 4) is 5.75 Å². The lowest BCUT2D eigenvalue weighted by Crippen LogP contribution is -1.99. The largest absolute Gasteiger partial charge is 0.497 e. The lowest BCUT2D eigenvalue weighted by molar-refractivity contribution is 0.393. The molecule has 0 radical (unpaired) electrons. The summed E-state index contributed by atoms with van der Waals surface area (Å²) in [5.74, 6) is 0.984. The molecule has 0 atom stereocenters. The van der Waals surface area contributed by atoms with Gasteiger partial charge in [0.1, 0.15) is 17.7 Å². The molecule has 7 nitrogen and oxygen atoms in total. The van der Waals surface area contributed by atoms with E-state index in [9.17, 15) is 0 Å². The van der Waals surface area contributed by atoms with E-state index in [1.807, 2.05) is 31.2 Å². The number of halogens is 3. The molecule has 0 saturated carbocycles. The third-order valence-electron chi connectivity index (χ3n) is 2.69. The van der Waals surface area contributed by atoms with Crippen molar-refractivity contribution in [1.29, 1.82) is 0 Å². The van der Waals surface area contributed by atoms with Gasteiger partial charge in [-0.05, 0) is 30.7 Å². The fraction of sp³-hybridized carbons (Fsp3) is 0.200. The van der Waals surface area contributed by atoms with Gasteiger partial charge in [-0.3, -0.25) is 0 Å². The number of nitrogens with zero attached hydrogens (tertiary/aromatic N) is 4. The number of aromatic nitrogens is 4. The maximum absolute atomic E-state index is 5.62. The van der Waals surface area contributed by atoms with Crippen LogP contribution in [0.2, 0.25) is 0 Å². The lowest BCUT2D eigenvalue weighted by atomic mass is 10.2. The van der Waals surface area contributed by atoms with Crippen molar-refractivity contribution in [2.75, 3.05) is 7.11 Å². The summed E-state index contributed by atoms with van der Waals surface area (Å²) in [6.07, 6.45) is 4.92. The molecule has 2 aromatic heterocycles. The number of hydrogen-bond acceptors (Lipinski definition) is 7. The minimum absolute atomic E-state index is 0.0631. The molecule has 0 aliphatic rings. The van der Waals surface area contributed by atoms with Crippen molar-refractivity contribution in [1.82, 2.24) is 20.6 Å². The Labute approximate surface area is 158 Å². The van der Waals surface area contributed by atoms with E-state index in [1.54, 1.807) is 19.3 Å². The summed E-state index contributed by atoms with van der Waals surface area (Å²) in [7, 11) is 1.61. The Hall–Kier alpha value is -2.09. The highest BCUT2D eigenvalue weighted by molar-refractivity contribution is 6.66. The van der Waals surface area contributed by atoms with E-state index in [-0.39, 0.29) is 11.8 Å². The standard InChI is InChI=1S/C12H9Cl3N2O2.C3H4N2O/c1-18-9-5-2-8(3-6-9)4-7-10-16-17-11(19-10)12(13,14)15;1-3-2-6-5-4-3/h2-7H,1H3;2H,1H3. The van der Waals surface area contributed by atoms with E-state index in [0.29, 0.717) is 0 Å². The fourth-order valence-corrected chi connectivity index (χ4v) is 1.74. The zero-order valence-electron chi connectivity index (χ0n) is 13.2. The van der Waals surface area contributed by atoms with E-state index >= 15 is 0 Å². The van der Waals surface area contributed by atoms with Gasteiger partial charge in [0.05, 0.1) is 7.11 Å². The summed E-state index contributed by atoms with van der Waals surface area (Å²) in [6, 6.07) is 7.48. The summed E-state index contributed by atoms with van der Waals surface area (Å²) in [5.41, 5.74) is 1.77. The van der Waals surface area contributed by atoms with E-state index < -0.39 is 3.79 Å². The summed E-state index contributed by atoms with van der Waals surface area (Å²) < 4.78 is 12.9. The van der Waals surface area contributed by atoms with Crippen LogP contribution in [0.5, 0.6) is 5.75 Å². The minimum atomic E-state index is -1.71. The van der Waals surface area contributed by atoms with Gasteiger partial charge >= 0.3 is 0 Å². The average Bonchev–Trinajstić information content (AvgIpc) is 3.25. The van der Waals surface area contributed by atoms with Gasteiger partial charge in [0.2, 0.25) is 5.89 Å². The smallest absolute Gasteiger partial charge is 0.268 e. The first kappa shape index (κ1) is 19.2. The van der Waals surface area contributed by atoms with Crippen LogP contribution < -0.4 is 4.74 Å². The monoisotopic (exact) mass is 402 g/mol. The number of alkyl halides is 3. The van der Waals surface area contributed by atoms with Crippen molar-refractivity contribution in [3.05, 3.63) is 53.6 Å². The normalized spacial score (nSPS) is 11.2. The van der Waals surface area contributed by atoms with Gasteiger partial charge in [0.25, 0.3) is 9.68 Å². The number of aryl methyl sites for hydroxylation is 1. The molecule has 10 heteroatoms. The van der Waals surface area contributed by atoms with Crippen LogP contribution in [0, 0.1) is 6.92 Å². The zero-order chi connectivity index (χ0) is 18.3. The molecular weight excluding hydrogens is 391 g/mol. The van der Waals surface area contributed by atoms with Crippen LogP contribution in [-0.2, 0) is 3.79 Å². The molecule has 0 amide bonds. The first-order valence-electron chi connectivity index (χ1n) is 6.85. The molecule has 0 aliphatic heterocycles. The number of ether oxygens (including phenoxy) is 1. The molecule has 0 aliphatic carbocycles. The van der Waals surface area contributed by atoms with Crippen molar-refractivity contribution >= 4 is 47.0 Å². The number of rotatable bonds is 3. The van der Waals surface area contributed by atoms with Gasteiger partial charge in [-0.15, -0.1) is 15.3 Å². The molecule has 0 saturated heterocycles. The molecule has 3 rings (SSSR count). The van der Waals surface area contributed by atoms with Gasteiger partial charge in [-0.2, -0.15) is 0 Å². The molecule has 132 valence electrons. The molecule has 0 bridgehead atoms. The summed E-state index contributed by atoms with van der Waals surface area (Å²) >= 11 is 16.9. The Morgan fingerprint density at radius 3 is 2.20 bits per heavy atom. The van der Waals surface area contributed by atoms with Crippen LogP contribution in [0.1, 0.15) is 23.0 Å². The minimum Gasteiger partial charge on any atom is -0.497 e. The van der Waals surface area contributed by atoms with Crippen molar-refractivity contribution in [3.63, 3.8) is 0 Å². The second kappa shape index (κ2) is 8.84. The Kier molecular flexibility index (Phi) is 6.81. The molecule has 0 spiro atoms. The molecule has 25 heavy (non-hydrogen) atoms. The lowest BCUT2D eigenvalue weighted by Gasteiger charge is -2.01. The molecule has 1 aromatic carbocycles. The zero-order valence-corrected chi connectivity index (χ0v) is 15.5. The first-order chi connectivity index (χ1) is 11.9. The molecule has 3 aromatic rings. The summed E-state index contributed by atoms with van der Waals surface area (Å²) in [4.78, 5) is 0. The van der Waals surface area contributed by atoms with E-state index in [0.717, 1.165) is 17.0 Å². The van der Waals surface area contributed by atoms with E-state index in [4.69, 9.17) is 44.0 Å². The fourth-order valence-electron chi connectivity index (χ4n) is 1.51. The first-order valence-corrected chi connectivity index (χ1v) is 7.98. The number of benzene rings is 1. The molecule has 0 fully saturated rings. The van der Waals surface area contributed by atoms with Crippen LogP contribution in [0.25, 0.3) is 12.2 Å². The Balaban J connectivity index is 0.000000316. The molecule has 2 heterocycles. The number of methoxy groups -OCH3 is 1. The summed E-state index contributed by atoms with van der Waals surface area (Å²) in [5, 5.41) is 14.1. The average molecular weight is 404 g/mol. The SMILES string of the molecule is COc1ccc(C=Cc2nnc(C(Cl)(Cl)Cl)o2)cc1.Cc1conn1.